The van der Waals surface area contributed by atoms with Gasteiger partial charge in [0.15, 0.2) is 0 Å². The third-order valence-electron chi connectivity index (χ3n) is 1.61. The normalized spacial score (nSPS) is 15.2. The molecule has 0 saturated heterocycles. The molecule has 0 fully saturated rings. The molecule has 1 aromatic carbocycles. The third-order valence-corrected chi connectivity index (χ3v) is 2.11. The highest BCUT2D eigenvalue weighted by Crippen LogP contribution is 2.05. The summed E-state index contributed by atoms with van der Waals surface area (Å²) in [5.41, 5.74) is 1.10. The Morgan fingerprint density at radius 1 is 1.46 bits per heavy atom. The van der Waals surface area contributed by atoms with Crippen molar-refractivity contribution in [1.82, 2.24) is 0 Å². The molecule has 4 heteroatoms. The van der Waals surface area contributed by atoms with E-state index in [0.29, 0.717) is 6.42 Å². The van der Waals surface area contributed by atoms with Crippen LogP contribution in [0.1, 0.15) is 12.5 Å². The minimum absolute atomic E-state index is 0.242. The maximum atomic E-state index is 10.3. The van der Waals surface area contributed by atoms with Crippen LogP contribution in [0.25, 0.3) is 0 Å². The van der Waals surface area contributed by atoms with Crippen LogP contribution in [-0.2, 0) is 22.0 Å². The van der Waals surface area contributed by atoms with Crippen molar-refractivity contribution in [2.75, 3.05) is 0 Å². The van der Waals surface area contributed by atoms with Gasteiger partial charge < -0.3 is 0 Å². The van der Waals surface area contributed by atoms with Crippen molar-refractivity contribution < 1.29 is 12.9 Å². The predicted octanol–water partition coefficient (Wildman–Crippen LogP) is 1.77. The van der Waals surface area contributed by atoms with Crippen molar-refractivity contribution >= 4 is 11.4 Å². The molecule has 72 valence electrons. The molecule has 0 bridgehead atoms. The summed E-state index contributed by atoms with van der Waals surface area (Å²) in [6.07, 6.45) is 0.404. The fourth-order valence-corrected chi connectivity index (χ4v) is 1.47. The zero-order chi connectivity index (χ0) is 9.68. The Morgan fingerprint density at radius 3 is 2.62 bits per heavy atom. The van der Waals surface area contributed by atoms with E-state index in [2.05, 4.69) is 4.18 Å². The highest BCUT2D eigenvalue weighted by Gasteiger charge is 2.06. The molecule has 13 heavy (non-hydrogen) atoms. The number of hydrogen-bond acceptors (Lipinski definition) is 2. The number of benzene rings is 1. The lowest BCUT2D eigenvalue weighted by molar-refractivity contribution is 0.223. The first kappa shape index (κ1) is 10.4. The first-order chi connectivity index (χ1) is 6.18. The van der Waals surface area contributed by atoms with E-state index in [9.17, 15) is 4.21 Å². The van der Waals surface area contributed by atoms with E-state index >= 15 is 0 Å². The van der Waals surface area contributed by atoms with Crippen LogP contribution in [0, 0.1) is 0 Å². The lowest BCUT2D eigenvalue weighted by Gasteiger charge is -2.08. The van der Waals surface area contributed by atoms with Crippen LogP contribution in [0.4, 0.5) is 0 Å². The van der Waals surface area contributed by atoms with Crippen LogP contribution in [-0.4, -0.2) is 14.9 Å². The third kappa shape index (κ3) is 4.17. The topological polar surface area (TPSA) is 46.5 Å². The Hall–Kier alpha value is -0.710. The van der Waals surface area contributed by atoms with Gasteiger partial charge in [-0.05, 0) is 18.9 Å². The molecule has 3 nitrogen and oxygen atoms in total. The molecule has 0 aliphatic carbocycles. The van der Waals surface area contributed by atoms with E-state index in [4.69, 9.17) is 4.55 Å². The zero-order valence-electron chi connectivity index (χ0n) is 7.34. The Morgan fingerprint density at radius 2 is 2.08 bits per heavy atom. The molecular weight excluding hydrogens is 188 g/mol. The molecule has 0 aromatic heterocycles. The van der Waals surface area contributed by atoms with Crippen molar-refractivity contribution in [3.05, 3.63) is 35.9 Å². The van der Waals surface area contributed by atoms with E-state index < -0.39 is 11.4 Å². The molecule has 0 spiro atoms. The van der Waals surface area contributed by atoms with Gasteiger partial charge in [-0.2, -0.15) is 4.21 Å². The van der Waals surface area contributed by atoms with Gasteiger partial charge in [0.2, 0.25) is 0 Å². The van der Waals surface area contributed by atoms with Gasteiger partial charge in [-0.15, -0.1) is 0 Å². The van der Waals surface area contributed by atoms with Crippen molar-refractivity contribution in [3.63, 3.8) is 0 Å². The van der Waals surface area contributed by atoms with Crippen molar-refractivity contribution in [2.45, 2.75) is 19.4 Å². The van der Waals surface area contributed by atoms with Gasteiger partial charge >= 0.3 is 11.4 Å². The van der Waals surface area contributed by atoms with Gasteiger partial charge in [0.25, 0.3) is 0 Å². The van der Waals surface area contributed by atoms with Crippen LogP contribution >= 0.6 is 0 Å². The maximum absolute atomic E-state index is 10.3. The monoisotopic (exact) mass is 200 g/mol. The van der Waals surface area contributed by atoms with Gasteiger partial charge in [0, 0.05) is 0 Å². The molecule has 0 aliphatic heterocycles. The summed E-state index contributed by atoms with van der Waals surface area (Å²) in [5, 5.41) is 0. The van der Waals surface area contributed by atoms with Crippen LogP contribution in [0.5, 0.6) is 0 Å². The standard InChI is InChI=1S/C9H12O3S/c1-8(12-13(10)11)7-9-5-3-2-4-6-9/h2-6,8H,7H2,1H3,(H,10,11). The Labute approximate surface area is 80.2 Å². The molecule has 2 unspecified atom stereocenters. The van der Waals surface area contributed by atoms with Crippen LogP contribution in [0.15, 0.2) is 30.3 Å². The largest absolute Gasteiger partial charge is 0.302 e. The van der Waals surface area contributed by atoms with Crippen LogP contribution < -0.4 is 0 Å². The van der Waals surface area contributed by atoms with Crippen molar-refractivity contribution in [1.29, 1.82) is 0 Å². The lowest BCUT2D eigenvalue weighted by Crippen LogP contribution is -2.12. The van der Waals surface area contributed by atoms with Crippen molar-refractivity contribution in [2.24, 2.45) is 0 Å². The van der Waals surface area contributed by atoms with Crippen molar-refractivity contribution in [3.8, 4) is 0 Å². The summed E-state index contributed by atoms with van der Waals surface area (Å²) in [6, 6.07) is 9.70. The zero-order valence-corrected chi connectivity index (χ0v) is 8.16. The fraction of sp³-hybridized carbons (Fsp3) is 0.333. The molecule has 0 amide bonds. The van der Waals surface area contributed by atoms with E-state index in [1.54, 1.807) is 6.92 Å². The van der Waals surface area contributed by atoms with Crippen LogP contribution in [0.2, 0.25) is 0 Å². The Bertz CT molecular complexity index is 273. The number of rotatable bonds is 4. The van der Waals surface area contributed by atoms with E-state index in [1.807, 2.05) is 30.3 Å². The Balaban J connectivity index is 2.45. The second-order valence-electron chi connectivity index (χ2n) is 2.81. The summed E-state index contributed by atoms with van der Waals surface area (Å²) < 4.78 is 23.4. The predicted molar refractivity (Wildman–Crippen MR) is 51.5 cm³/mol. The average Bonchev–Trinajstić information content (AvgIpc) is 2.04. The minimum atomic E-state index is -2.17. The summed E-state index contributed by atoms with van der Waals surface area (Å²) >= 11 is -2.17. The highest BCUT2D eigenvalue weighted by molar-refractivity contribution is 7.74. The minimum Gasteiger partial charge on any atom is -0.284 e. The van der Waals surface area contributed by atoms with Gasteiger partial charge in [-0.25, -0.2) is 0 Å². The van der Waals surface area contributed by atoms with Gasteiger partial charge in [0.05, 0.1) is 6.10 Å². The highest BCUT2D eigenvalue weighted by atomic mass is 32.2. The van der Waals surface area contributed by atoms with Gasteiger partial charge in [0.1, 0.15) is 0 Å². The SMILES string of the molecule is CC(Cc1ccccc1)OS(=O)O. The number of hydrogen-bond donors (Lipinski definition) is 1. The lowest BCUT2D eigenvalue weighted by atomic mass is 10.1. The molecule has 0 aliphatic rings. The smallest absolute Gasteiger partial charge is 0.284 e. The molecule has 1 rings (SSSR count). The maximum Gasteiger partial charge on any atom is 0.302 e. The molecule has 2 atom stereocenters. The molecule has 1 N–H and O–H groups in total. The Kier molecular flexibility index (Phi) is 4.08. The van der Waals surface area contributed by atoms with E-state index in [1.165, 1.54) is 0 Å². The molecule has 0 saturated carbocycles. The molecule has 0 heterocycles. The summed E-state index contributed by atoms with van der Waals surface area (Å²) in [4.78, 5) is 0. The summed E-state index contributed by atoms with van der Waals surface area (Å²) in [5.74, 6) is 0. The molecular formula is C9H12O3S. The quantitative estimate of drug-likeness (QED) is 0.753. The molecule has 0 radical (unpaired) electrons. The summed E-state index contributed by atoms with van der Waals surface area (Å²) in [7, 11) is 0. The second-order valence-corrected chi connectivity index (χ2v) is 3.44. The first-order valence-electron chi connectivity index (χ1n) is 4.00. The van der Waals surface area contributed by atoms with Gasteiger partial charge in [-0.3, -0.25) is 8.74 Å². The van der Waals surface area contributed by atoms with E-state index in [-0.39, 0.29) is 6.10 Å². The van der Waals surface area contributed by atoms with Crippen LogP contribution in [0.3, 0.4) is 0 Å². The van der Waals surface area contributed by atoms with E-state index in [0.717, 1.165) is 5.56 Å². The fourth-order valence-electron chi connectivity index (χ4n) is 1.12. The molecule has 1 aromatic rings. The average molecular weight is 200 g/mol. The van der Waals surface area contributed by atoms with Gasteiger partial charge in [-0.1, -0.05) is 30.3 Å². The summed E-state index contributed by atoms with van der Waals surface area (Å²) in [6.45, 7) is 1.76. The first-order valence-corrected chi connectivity index (χ1v) is 5.03. The second kappa shape index (κ2) is 5.11.